The van der Waals surface area contributed by atoms with Crippen LogP contribution in [0.1, 0.15) is 28.5 Å². The molecule has 0 saturated heterocycles. The van der Waals surface area contributed by atoms with E-state index in [0.29, 0.717) is 17.4 Å². The van der Waals surface area contributed by atoms with E-state index in [1.54, 1.807) is 12.3 Å². The van der Waals surface area contributed by atoms with E-state index in [2.05, 4.69) is 23.3 Å². The van der Waals surface area contributed by atoms with Crippen molar-refractivity contribution in [3.8, 4) is 0 Å². The Kier molecular flexibility index (Phi) is 4.16. The molecule has 0 fully saturated rings. The lowest BCUT2D eigenvalue weighted by atomic mass is 10.1. The van der Waals surface area contributed by atoms with Crippen molar-refractivity contribution in [2.45, 2.75) is 20.8 Å². The number of esters is 1. The van der Waals surface area contributed by atoms with Crippen molar-refractivity contribution in [2.24, 2.45) is 0 Å². The molecule has 2 aromatic rings. The molecule has 19 heavy (non-hydrogen) atoms. The molecular formula is C14H16N2O2S. The van der Waals surface area contributed by atoms with Crippen molar-refractivity contribution < 1.29 is 9.53 Å². The highest BCUT2D eigenvalue weighted by Crippen LogP contribution is 2.24. The highest BCUT2D eigenvalue weighted by molar-refractivity contribution is 7.14. The summed E-state index contributed by atoms with van der Waals surface area (Å²) in [7, 11) is 0. The van der Waals surface area contributed by atoms with Crippen LogP contribution < -0.4 is 5.32 Å². The van der Waals surface area contributed by atoms with E-state index in [9.17, 15) is 4.79 Å². The van der Waals surface area contributed by atoms with Gasteiger partial charge in [-0.3, -0.25) is 0 Å². The molecule has 0 aliphatic rings. The number of aromatic nitrogens is 1. The molecule has 0 atom stereocenters. The van der Waals surface area contributed by atoms with Gasteiger partial charge in [-0.2, -0.15) is 0 Å². The predicted molar refractivity (Wildman–Crippen MR) is 77.3 cm³/mol. The second kappa shape index (κ2) is 5.84. The molecule has 5 heteroatoms. The third-order valence-corrected chi connectivity index (χ3v) is 3.37. The molecule has 0 radical (unpaired) electrons. The van der Waals surface area contributed by atoms with Crippen molar-refractivity contribution >= 4 is 28.1 Å². The van der Waals surface area contributed by atoms with Crippen LogP contribution in [0.3, 0.4) is 0 Å². The number of ether oxygens (including phenoxy) is 1. The average Bonchev–Trinajstić information content (AvgIpc) is 2.82. The third kappa shape index (κ3) is 3.32. The summed E-state index contributed by atoms with van der Waals surface area (Å²) in [6.45, 7) is 6.23. The van der Waals surface area contributed by atoms with Gasteiger partial charge in [0.05, 0.1) is 6.61 Å². The highest BCUT2D eigenvalue weighted by Gasteiger charge is 2.11. The Hall–Kier alpha value is -1.88. The minimum Gasteiger partial charge on any atom is -0.461 e. The zero-order valence-electron chi connectivity index (χ0n) is 11.2. The van der Waals surface area contributed by atoms with E-state index < -0.39 is 0 Å². The van der Waals surface area contributed by atoms with E-state index in [1.165, 1.54) is 16.9 Å². The largest absolute Gasteiger partial charge is 0.461 e. The summed E-state index contributed by atoms with van der Waals surface area (Å²) in [6.07, 6.45) is 0. The summed E-state index contributed by atoms with van der Waals surface area (Å²) in [4.78, 5) is 15.7. The zero-order valence-corrected chi connectivity index (χ0v) is 12.0. The van der Waals surface area contributed by atoms with E-state index in [0.717, 1.165) is 11.3 Å². The first kappa shape index (κ1) is 13.5. The molecule has 1 aromatic heterocycles. The zero-order chi connectivity index (χ0) is 13.8. The van der Waals surface area contributed by atoms with Crippen LogP contribution in [0.5, 0.6) is 0 Å². The molecule has 100 valence electrons. The Bertz CT molecular complexity index is 593. The van der Waals surface area contributed by atoms with Crippen LogP contribution in [0.25, 0.3) is 0 Å². The number of aryl methyl sites for hydroxylation is 2. The SMILES string of the molecule is CCOC(=O)c1csc(Nc2ccc(C)cc2C)n1. The lowest BCUT2D eigenvalue weighted by Gasteiger charge is -2.07. The fourth-order valence-electron chi connectivity index (χ4n) is 1.70. The number of anilines is 2. The van der Waals surface area contributed by atoms with Gasteiger partial charge in [-0.1, -0.05) is 17.7 Å². The van der Waals surface area contributed by atoms with Crippen LogP contribution in [-0.4, -0.2) is 17.6 Å². The van der Waals surface area contributed by atoms with E-state index in [-0.39, 0.29) is 5.97 Å². The monoisotopic (exact) mass is 276 g/mol. The molecule has 0 aliphatic heterocycles. The van der Waals surface area contributed by atoms with Crippen LogP contribution in [0.15, 0.2) is 23.6 Å². The molecule has 4 nitrogen and oxygen atoms in total. The number of hydrogen-bond donors (Lipinski definition) is 1. The van der Waals surface area contributed by atoms with Crippen molar-refractivity contribution in [1.82, 2.24) is 4.98 Å². The van der Waals surface area contributed by atoms with Crippen LogP contribution in [0.2, 0.25) is 0 Å². The second-order valence-corrected chi connectivity index (χ2v) is 5.06. The molecule has 2 rings (SSSR count). The van der Waals surface area contributed by atoms with Crippen LogP contribution in [0.4, 0.5) is 10.8 Å². The van der Waals surface area contributed by atoms with Crippen molar-refractivity contribution in [3.05, 3.63) is 40.4 Å². The summed E-state index contributed by atoms with van der Waals surface area (Å²) in [6, 6.07) is 6.15. The van der Waals surface area contributed by atoms with Crippen LogP contribution >= 0.6 is 11.3 Å². The third-order valence-electron chi connectivity index (χ3n) is 2.61. The Morgan fingerprint density at radius 2 is 2.21 bits per heavy atom. The minimum atomic E-state index is -0.382. The molecule has 0 amide bonds. The maximum Gasteiger partial charge on any atom is 0.357 e. The summed E-state index contributed by atoms with van der Waals surface area (Å²) in [5, 5.41) is 5.60. The number of rotatable bonds is 4. The highest BCUT2D eigenvalue weighted by atomic mass is 32.1. The maximum atomic E-state index is 11.5. The lowest BCUT2D eigenvalue weighted by molar-refractivity contribution is 0.0520. The first-order valence-electron chi connectivity index (χ1n) is 6.07. The Morgan fingerprint density at radius 1 is 1.42 bits per heavy atom. The van der Waals surface area contributed by atoms with Gasteiger partial charge in [0.25, 0.3) is 0 Å². The molecule has 1 heterocycles. The molecule has 0 spiro atoms. The molecule has 0 saturated carbocycles. The number of carbonyl (C=O) groups excluding carboxylic acids is 1. The van der Waals surface area contributed by atoms with Gasteiger partial charge >= 0.3 is 5.97 Å². The average molecular weight is 276 g/mol. The smallest absolute Gasteiger partial charge is 0.357 e. The number of carbonyl (C=O) groups is 1. The van der Waals surface area contributed by atoms with E-state index in [4.69, 9.17) is 4.74 Å². The number of nitrogens with zero attached hydrogens (tertiary/aromatic N) is 1. The van der Waals surface area contributed by atoms with Gasteiger partial charge in [-0.25, -0.2) is 9.78 Å². The summed E-state index contributed by atoms with van der Waals surface area (Å²) < 4.78 is 4.91. The fourth-order valence-corrected chi connectivity index (χ4v) is 2.39. The van der Waals surface area contributed by atoms with Crippen molar-refractivity contribution in [1.29, 1.82) is 0 Å². The number of hydrogen-bond acceptors (Lipinski definition) is 5. The van der Waals surface area contributed by atoms with Gasteiger partial charge in [-0.05, 0) is 32.4 Å². The Labute approximate surface area is 116 Å². The van der Waals surface area contributed by atoms with Crippen molar-refractivity contribution in [2.75, 3.05) is 11.9 Å². The maximum absolute atomic E-state index is 11.5. The standard InChI is InChI=1S/C14H16N2O2S/c1-4-18-13(17)12-8-19-14(16-12)15-11-6-5-9(2)7-10(11)3/h5-8H,4H2,1-3H3,(H,15,16). The fraction of sp³-hybridized carbons (Fsp3) is 0.286. The Morgan fingerprint density at radius 3 is 2.89 bits per heavy atom. The van der Waals surface area contributed by atoms with Gasteiger partial charge in [-0.15, -0.1) is 11.3 Å². The summed E-state index contributed by atoms with van der Waals surface area (Å²) in [5.74, 6) is -0.382. The number of thiazole rings is 1. The van der Waals surface area contributed by atoms with Gasteiger partial charge in [0.1, 0.15) is 0 Å². The quantitative estimate of drug-likeness (QED) is 0.865. The summed E-state index contributed by atoms with van der Waals surface area (Å²) >= 11 is 1.39. The molecule has 0 bridgehead atoms. The topological polar surface area (TPSA) is 51.2 Å². The van der Waals surface area contributed by atoms with Crippen LogP contribution in [0, 0.1) is 13.8 Å². The van der Waals surface area contributed by atoms with Crippen molar-refractivity contribution in [3.63, 3.8) is 0 Å². The normalized spacial score (nSPS) is 10.3. The number of benzene rings is 1. The molecular weight excluding hydrogens is 260 g/mol. The van der Waals surface area contributed by atoms with E-state index in [1.807, 2.05) is 19.1 Å². The van der Waals surface area contributed by atoms with Gasteiger partial charge in [0.2, 0.25) is 0 Å². The first-order valence-corrected chi connectivity index (χ1v) is 6.95. The van der Waals surface area contributed by atoms with Gasteiger partial charge < -0.3 is 10.1 Å². The second-order valence-electron chi connectivity index (χ2n) is 4.20. The van der Waals surface area contributed by atoms with Gasteiger partial charge in [0.15, 0.2) is 10.8 Å². The van der Waals surface area contributed by atoms with Gasteiger partial charge in [0, 0.05) is 11.1 Å². The minimum absolute atomic E-state index is 0.346. The van der Waals surface area contributed by atoms with E-state index >= 15 is 0 Å². The molecule has 0 aliphatic carbocycles. The van der Waals surface area contributed by atoms with Crippen LogP contribution in [-0.2, 0) is 4.74 Å². The molecule has 1 N–H and O–H groups in total. The molecule has 1 aromatic carbocycles. The summed E-state index contributed by atoms with van der Waals surface area (Å²) in [5.41, 5.74) is 3.71. The predicted octanol–water partition coefficient (Wildman–Crippen LogP) is 3.68. The lowest BCUT2D eigenvalue weighted by Crippen LogP contribution is -2.05. The number of nitrogens with one attached hydrogen (secondary N) is 1. The Balaban J connectivity index is 2.13. The first-order chi connectivity index (χ1) is 9.10. The molecule has 0 unspecified atom stereocenters.